The Balaban J connectivity index is 1.55. The predicted molar refractivity (Wildman–Crippen MR) is 78.7 cm³/mol. The summed E-state index contributed by atoms with van der Waals surface area (Å²) in [5, 5.41) is 0. The first-order valence-electron chi connectivity index (χ1n) is 8.32. The number of nitrogens with zero attached hydrogens (tertiary/aromatic N) is 1. The summed E-state index contributed by atoms with van der Waals surface area (Å²) in [6.07, 6.45) is 15.3. The van der Waals surface area contributed by atoms with Crippen LogP contribution in [0.1, 0.15) is 77.6 Å². The van der Waals surface area contributed by atoms with Crippen LogP contribution < -0.4 is 5.73 Å². The van der Waals surface area contributed by atoms with E-state index in [4.69, 9.17) is 5.73 Å². The third-order valence-electron chi connectivity index (χ3n) is 4.94. The van der Waals surface area contributed by atoms with Crippen molar-refractivity contribution in [2.45, 2.75) is 95.7 Å². The van der Waals surface area contributed by atoms with Crippen molar-refractivity contribution in [2.75, 3.05) is 6.54 Å². The Kier molecular flexibility index (Phi) is 5.97. The molecule has 0 radical (unpaired) electrons. The molecule has 106 valence electrons. The van der Waals surface area contributed by atoms with Crippen LogP contribution in [0.2, 0.25) is 0 Å². The highest BCUT2D eigenvalue weighted by Gasteiger charge is 2.38. The first-order chi connectivity index (χ1) is 8.81. The van der Waals surface area contributed by atoms with E-state index in [0.29, 0.717) is 6.04 Å². The van der Waals surface area contributed by atoms with Crippen LogP contribution in [0.5, 0.6) is 0 Å². The lowest BCUT2D eigenvalue weighted by molar-refractivity contribution is 0.125. The fraction of sp³-hybridized carbons (Fsp3) is 1.00. The van der Waals surface area contributed by atoms with Crippen molar-refractivity contribution >= 4 is 0 Å². The second-order valence-corrected chi connectivity index (χ2v) is 6.48. The Morgan fingerprint density at radius 3 is 2.06 bits per heavy atom. The third-order valence-corrected chi connectivity index (χ3v) is 4.94. The van der Waals surface area contributed by atoms with E-state index >= 15 is 0 Å². The maximum atomic E-state index is 6.11. The van der Waals surface area contributed by atoms with Crippen molar-refractivity contribution in [3.8, 4) is 0 Å². The third kappa shape index (κ3) is 3.96. The van der Waals surface area contributed by atoms with E-state index in [1.54, 1.807) is 0 Å². The van der Waals surface area contributed by atoms with Gasteiger partial charge in [0.25, 0.3) is 0 Å². The molecular formula is C16H32N2. The highest BCUT2D eigenvalue weighted by atomic mass is 15.2. The molecule has 2 aliphatic heterocycles. The molecule has 2 N–H and O–H groups in total. The molecule has 2 saturated heterocycles. The molecule has 0 saturated carbocycles. The molecule has 0 amide bonds. The summed E-state index contributed by atoms with van der Waals surface area (Å²) in [6.45, 7) is 3.63. The first-order valence-corrected chi connectivity index (χ1v) is 8.32. The van der Waals surface area contributed by atoms with E-state index in [1.807, 2.05) is 0 Å². The summed E-state index contributed by atoms with van der Waals surface area (Å²) in [7, 11) is 0. The number of fused-ring (bicyclic) bond motifs is 2. The molecule has 2 fully saturated rings. The molecule has 2 heteroatoms. The van der Waals surface area contributed by atoms with E-state index < -0.39 is 0 Å². The molecule has 2 nitrogen and oxygen atoms in total. The topological polar surface area (TPSA) is 29.3 Å². The Labute approximate surface area is 113 Å². The molecular weight excluding hydrogens is 220 g/mol. The standard InChI is InChI=1S/C16H32N2/c1-2-3-4-5-6-7-8-11-18-15-9-10-16(18)13-14(17)12-15/h14-16H,2-13,17H2,1H3. The fourth-order valence-corrected chi connectivity index (χ4v) is 3.93. The van der Waals surface area contributed by atoms with Gasteiger partial charge in [0.2, 0.25) is 0 Å². The van der Waals surface area contributed by atoms with Gasteiger partial charge < -0.3 is 5.73 Å². The van der Waals surface area contributed by atoms with Crippen molar-refractivity contribution in [2.24, 2.45) is 5.73 Å². The minimum Gasteiger partial charge on any atom is -0.328 e. The highest BCUT2D eigenvalue weighted by Crippen LogP contribution is 2.35. The van der Waals surface area contributed by atoms with Gasteiger partial charge in [-0.05, 0) is 38.6 Å². The lowest BCUT2D eigenvalue weighted by Crippen LogP contribution is -2.47. The van der Waals surface area contributed by atoms with Crippen molar-refractivity contribution in [1.29, 1.82) is 0 Å². The molecule has 0 aromatic heterocycles. The van der Waals surface area contributed by atoms with Gasteiger partial charge in [-0.1, -0.05) is 45.4 Å². The van der Waals surface area contributed by atoms with Crippen LogP contribution in [0.25, 0.3) is 0 Å². The first kappa shape index (κ1) is 14.3. The van der Waals surface area contributed by atoms with Gasteiger partial charge in [-0.2, -0.15) is 0 Å². The second-order valence-electron chi connectivity index (χ2n) is 6.48. The van der Waals surface area contributed by atoms with E-state index in [0.717, 1.165) is 12.1 Å². The van der Waals surface area contributed by atoms with E-state index in [-0.39, 0.29) is 0 Å². The normalized spacial score (nSPS) is 32.0. The highest BCUT2D eigenvalue weighted by molar-refractivity contribution is 4.96. The summed E-state index contributed by atoms with van der Waals surface area (Å²) in [5.74, 6) is 0. The van der Waals surface area contributed by atoms with Gasteiger partial charge in [-0.25, -0.2) is 0 Å². The molecule has 2 rings (SSSR count). The van der Waals surface area contributed by atoms with Gasteiger partial charge in [0, 0.05) is 18.1 Å². The number of rotatable bonds is 8. The minimum absolute atomic E-state index is 0.493. The maximum absolute atomic E-state index is 6.11. The van der Waals surface area contributed by atoms with Gasteiger partial charge in [0.15, 0.2) is 0 Å². The van der Waals surface area contributed by atoms with Crippen molar-refractivity contribution in [1.82, 2.24) is 4.90 Å². The zero-order chi connectivity index (χ0) is 12.8. The SMILES string of the molecule is CCCCCCCCCN1C2CCC1CC(N)C2. The number of piperidine rings is 1. The molecule has 18 heavy (non-hydrogen) atoms. The number of hydrogen-bond acceptors (Lipinski definition) is 2. The van der Waals surface area contributed by atoms with Crippen LogP contribution in [0.3, 0.4) is 0 Å². The predicted octanol–water partition coefficient (Wildman–Crippen LogP) is 3.69. The van der Waals surface area contributed by atoms with Gasteiger partial charge in [0.05, 0.1) is 0 Å². The quantitative estimate of drug-likeness (QED) is 0.668. The van der Waals surface area contributed by atoms with E-state index in [2.05, 4.69) is 11.8 Å². The maximum Gasteiger partial charge on any atom is 0.0113 e. The lowest BCUT2D eigenvalue weighted by atomic mass is 9.97. The van der Waals surface area contributed by atoms with Crippen molar-refractivity contribution in [3.05, 3.63) is 0 Å². The van der Waals surface area contributed by atoms with Gasteiger partial charge in [0.1, 0.15) is 0 Å². The molecule has 0 aromatic rings. The summed E-state index contributed by atoms with van der Waals surface area (Å²) in [4.78, 5) is 2.79. The minimum atomic E-state index is 0.493. The Morgan fingerprint density at radius 1 is 0.889 bits per heavy atom. The summed E-state index contributed by atoms with van der Waals surface area (Å²) < 4.78 is 0. The van der Waals surface area contributed by atoms with Crippen LogP contribution >= 0.6 is 0 Å². The van der Waals surface area contributed by atoms with Gasteiger partial charge >= 0.3 is 0 Å². The summed E-state index contributed by atoms with van der Waals surface area (Å²) in [5.41, 5.74) is 6.11. The fourth-order valence-electron chi connectivity index (χ4n) is 3.93. The Hall–Kier alpha value is -0.0800. The van der Waals surface area contributed by atoms with Gasteiger partial charge in [-0.3, -0.25) is 4.90 Å². The molecule has 2 aliphatic rings. The van der Waals surface area contributed by atoms with Crippen molar-refractivity contribution < 1.29 is 0 Å². The Morgan fingerprint density at radius 2 is 1.44 bits per heavy atom. The average molecular weight is 252 g/mol. The summed E-state index contributed by atoms with van der Waals surface area (Å²) in [6, 6.07) is 2.16. The van der Waals surface area contributed by atoms with Crippen molar-refractivity contribution in [3.63, 3.8) is 0 Å². The molecule has 2 atom stereocenters. The van der Waals surface area contributed by atoms with E-state index in [9.17, 15) is 0 Å². The second kappa shape index (κ2) is 7.49. The van der Waals surface area contributed by atoms with Gasteiger partial charge in [-0.15, -0.1) is 0 Å². The molecule has 2 heterocycles. The monoisotopic (exact) mass is 252 g/mol. The van der Waals surface area contributed by atoms with Crippen LogP contribution in [-0.4, -0.2) is 29.6 Å². The molecule has 2 bridgehead atoms. The number of hydrogen-bond donors (Lipinski definition) is 1. The molecule has 0 aromatic carbocycles. The summed E-state index contributed by atoms with van der Waals surface area (Å²) >= 11 is 0. The molecule has 2 unspecified atom stereocenters. The smallest absolute Gasteiger partial charge is 0.0113 e. The lowest BCUT2D eigenvalue weighted by Gasteiger charge is -2.37. The number of nitrogens with two attached hydrogens (primary N) is 1. The average Bonchev–Trinajstić information content (AvgIpc) is 2.59. The Bertz CT molecular complexity index is 215. The molecule has 0 aliphatic carbocycles. The largest absolute Gasteiger partial charge is 0.328 e. The van der Waals surface area contributed by atoms with Crippen LogP contribution in [0.4, 0.5) is 0 Å². The van der Waals surface area contributed by atoms with Crippen LogP contribution in [0.15, 0.2) is 0 Å². The number of unbranched alkanes of at least 4 members (excludes halogenated alkanes) is 6. The van der Waals surface area contributed by atoms with E-state index in [1.165, 1.54) is 77.2 Å². The van der Waals surface area contributed by atoms with Crippen LogP contribution in [-0.2, 0) is 0 Å². The zero-order valence-electron chi connectivity index (χ0n) is 12.2. The molecule has 0 spiro atoms. The zero-order valence-corrected chi connectivity index (χ0v) is 12.2. The van der Waals surface area contributed by atoms with Crippen LogP contribution in [0, 0.1) is 0 Å².